The van der Waals surface area contributed by atoms with E-state index in [0.717, 1.165) is 28.4 Å². The van der Waals surface area contributed by atoms with Crippen molar-refractivity contribution in [3.63, 3.8) is 0 Å². The van der Waals surface area contributed by atoms with Gasteiger partial charge in [0, 0.05) is 23.1 Å². The van der Waals surface area contributed by atoms with Gasteiger partial charge in [-0.25, -0.2) is 17.5 Å². The van der Waals surface area contributed by atoms with Crippen LogP contribution in [0, 0.1) is 5.82 Å². The number of sulfonamides is 1. The van der Waals surface area contributed by atoms with Crippen LogP contribution in [0.5, 0.6) is 0 Å². The minimum Gasteiger partial charge on any atom is -0.312 e. The van der Waals surface area contributed by atoms with Gasteiger partial charge in [0.2, 0.25) is 15.9 Å². The molecule has 1 N–H and O–H groups in total. The number of nitrogens with zero attached hydrogens (tertiary/aromatic N) is 1. The second kappa shape index (κ2) is 7.46. The average Bonchev–Trinajstić information content (AvgIpc) is 2.96. The number of nitrogens with one attached hydrogen (secondary N) is 1. The molecule has 8 heteroatoms. The van der Waals surface area contributed by atoms with Gasteiger partial charge < -0.3 is 4.90 Å². The lowest BCUT2D eigenvalue weighted by Crippen LogP contribution is -2.35. The molecular formula is C18H18BrFN2O3S. The van der Waals surface area contributed by atoms with Gasteiger partial charge in [-0.2, -0.15) is 0 Å². The number of benzene rings is 2. The highest BCUT2D eigenvalue weighted by Crippen LogP contribution is 2.32. The second-order valence-corrected chi connectivity index (χ2v) is 8.96. The Balaban J connectivity index is 1.83. The van der Waals surface area contributed by atoms with E-state index in [9.17, 15) is 17.6 Å². The standard InChI is InChI=1S/C18H18BrFN2O3S/c1-26(24,25)21-16(12-2-5-15(20)6-3-12)11-18(23)22-9-8-13-10-14(19)4-7-17(13)22/h2-7,10,16,21H,8-9,11H2,1H3/t16-/m1/s1. The maximum Gasteiger partial charge on any atom is 0.228 e. The molecule has 0 unspecified atom stereocenters. The topological polar surface area (TPSA) is 66.5 Å². The summed E-state index contributed by atoms with van der Waals surface area (Å²) in [6.45, 7) is 0.555. The monoisotopic (exact) mass is 440 g/mol. The molecule has 3 rings (SSSR count). The van der Waals surface area contributed by atoms with Crippen LogP contribution in [0.15, 0.2) is 46.9 Å². The number of carbonyl (C=O) groups excluding carboxylic acids is 1. The van der Waals surface area contributed by atoms with Crippen LogP contribution in [0.2, 0.25) is 0 Å². The first kappa shape index (κ1) is 19.0. The summed E-state index contributed by atoms with van der Waals surface area (Å²) in [4.78, 5) is 14.5. The van der Waals surface area contributed by atoms with Gasteiger partial charge in [-0.05, 0) is 47.9 Å². The van der Waals surface area contributed by atoms with Crippen LogP contribution in [0.3, 0.4) is 0 Å². The van der Waals surface area contributed by atoms with Crippen molar-refractivity contribution in [1.82, 2.24) is 4.72 Å². The van der Waals surface area contributed by atoms with E-state index < -0.39 is 21.9 Å². The minimum absolute atomic E-state index is 0.0474. The number of fused-ring (bicyclic) bond motifs is 1. The highest BCUT2D eigenvalue weighted by molar-refractivity contribution is 9.10. The van der Waals surface area contributed by atoms with E-state index in [1.165, 1.54) is 24.3 Å². The van der Waals surface area contributed by atoms with Gasteiger partial charge >= 0.3 is 0 Å². The zero-order chi connectivity index (χ0) is 18.9. The maximum absolute atomic E-state index is 13.2. The minimum atomic E-state index is -3.54. The van der Waals surface area contributed by atoms with E-state index in [1.54, 1.807) is 4.90 Å². The number of halogens is 2. The molecule has 2 aromatic carbocycles. The molecule has 2 aromatic rings. The van der Waals surface area contributed by atoms with Crippen LogP contribution in [0.25, 0.3) is 0 Å². The number of rotatable bonds is 5. The summed E-state index contributed by atoms with van der Waals surface area (Å²) in [7, 11) is -3.54. The van der Waals surface area contributed by atoms with Gasteiger partial charge in [0.15, 0.2) is 0 Å². The highest BCUT2D eigenvalue weighted by atomic mass is 79.9. The summed E-state index contributed by atoms with van der Waals surface area (Å²) >= 11 is 3.42. The lowest BCUT2D eigenvalue weighted by molar-refractivity contribution is -0.118. The third-order valence-electron chi connectivity index (χ3n) is 4.25. The zero-order valence-corrected chi connectivity index (χ0v) is 16.5. The van der Waals surface area contributed by atoms with E-state index in [4.69, 9.17) is 0 Å². The predicted molar refractivity (Wildman–Crippen MR) is 102 cm³/mol. The Morgan fingerprint density at radius 1 is 1.27 bits per heavy atom. The molecule has 0 fully saturated rings. The first-order chi connectivity index (χ1) is 12.2. The van der Waals surface area contributed by atoms with Crippen molar-refractivity contribution in [3.05, 3.63) is 63.9 Å². The summed E-state index contributed by atoms with van der Waals surface area (Å²) in [6, 6.07) is 10.4. The fourth-order valence-corrected chi connectivity index (χ4v) is 4.24. The molecule has 26 heavy (non-hydrogen) atoms. The van der Waals surface area contributed by atoms with Gasteiger partial charge in [-0.15, -0.1) is 0 Å². The zero-order valence-electron chi connectivity index (χ0n) is 14.1. The van der Waals surface area contributed by atoms with Crippen LogP contribution in [-0.4, -0.2) is 27.1 Å². The van der Waals surface area contributed by atoms with E-state index in [1.807, 2.05) is 18.2 Å². The van der Waals surface area contributed by atoms with Crippen molar-refractivity contribution in [3.8, 4) is 0 Å². The Morgan fingerprint density at radius 3 is 2.62 bits per heavy atom. The van der Waals surface area contributed by atoms with Crippen LogP contribution < -0.4 is 9.62 Å². The van der Waals surface area contributed by atoms with Crippen molar-refractivity contribution < 1.29 is 17.6 Å². The summed E-state index contributed by atoms with van der Waals surface area (Å²) in [6.07, 6.45) is 1.74. The average molecular weight is 441 g/mol. The molecule has 0 bridgehead atoms. The third-order valence-corrected chi connectivity index (χ3v) is 5.45. The molecule has 5 nitrogen and oxygen atoms in total. The molecule has 1 heterocycles. The molecule has 1 aliphatic rings. The van der Waals surface area contributed by atoms with Gasteiger partial charge in [0.25, 0.3) is 0 Å². The Bertz CT molecular complexity index is 932. The van der Waals surface area contributed by atoms with E-state index >= 15 is 0 Å². The lowest BCUT2D eigenvalue weighted by Gasteiger charge is -2.22. The predicted octanol–water partition coefficient (Wildman–Crippen LogP) is 3.16. The quantitative estimate of drug-likeness (QED) is 0.776. The molecule has 138 valence electrons. The smallest absolute Gasteiger partial charge is 0.228 e. The largest absolute Gasteiger partial charge is 0.312 e. The summed E-state index contributed by atoms with van der Waals surface area (Å²) in [5.41, 5.74) is 2.46. The number of hydrogen-bond acceptors (Lipinski definition) is 3. The Kier molecular flexibility index (Phi) is 5.45. The third kappa shape index (κ3) is 4.49. The molecule has 0 spiro atoms. The fourth-order valence-electron chi connectivity index (χ4n) is 3.10. The van der Waals surface area contributed by atoms with Crippen molar-refractivity contribution in [2.75, 3.05) is 17.7 Å². The first-order valence-corrected chi connectivity index (χ1v) is 10.7. The van der Waals surface area contributed by atoms with E-state index in [0.29, 0.717) is 12.1 Å². The van der Waals surface area contributed by atoms with Crippen molar-refractivity contribution >= 4 is 37.5 Å². The Morgan fingerprint density at radius 2 is 1.96 bits per heavy atom. The van der Waals surface area contributed by atoms with Crippen LogP contribution in [0.1, 0.15) is 23.6 Å². The molecule has 0 saturated heterocycles. The van der Waals surface area contributed by atoms with Gasteiger partial charge in [0.1, 0.15) is 5.82 Å². The van der Waals surface area contributed by atoms with Crippen molar-refractivity contribution in [1.29, 1.82) is 0 Å². The molecule has 0 aliphatic carbocycles. The summed E-state index contributed by atoms with van der Waals surface area (Å²) in [5.74, 6) is -0.603. The molecule has 0 radical (unpaired) electrons. The summed E-state index contributed by atoms with van der Waals surface area (Å²) < 4.78 is 40.0. The molecular weight excluding hydrogens is 423 g/mol. The number of hydrogen-bond donors (Lipinski definition) is 1. The number of carbonyl (C=O) groups is 1. The molecule has 1 atom stereocenters. The molecule has 1 aliphatic heterocycles. The van der Waals surface area contributed by atoms with Crippen LogP contribution in [-0.2, 0) is 21.2 Å². The molecule has 0 aromatic heterocycles. The lowest BCUT2D eigenvalue weighted by atomic mass is 10.0. The fraction of sp³-hybridized carbons (Fsp3) is 0.278. The van der Waals surface area contributed by atoms with Gasteiger partial charge in [0.05, 0.1) is 12.3 Å². The van der Waals surface area contributed by atoms with Crippen molar-refractivity contribution in [2.45, 2.75) is 18.9 Å². The van der Waals surface area contributed by atoms with Gasteiger partial charge in [-0.1, -0.05) is 28.1 Å². The normalized spacial score (nSPS) is 15.0. The number of anilines is 1. The number of amides is 1. The SMILES string of the molecule is CS(=O)(=O)N[C@H](CC(=O)N1CCc2cc(Br)ccc21)c1ccc(F)cc1. The first-order valence-electron chi connectivity index (χ1n) is 8.04. The van der Waals surface area contributed by atoms with E-state index in [-0.39, 0.29) is 12.3 Å². The Hall–Kier alpha value is -1.77. The van der Waals surface area contributed by atoms with Crippen molar-refractivity contribution in [2.24, 2.45) is 0 Å². The second-order valence-electron chi connectivity index (χ2n) is 6.27. The molecule has 1 amide bonds. The maximum atomic E-state index is 13.2. The highest BCUT2D eigenvalue weighted by Gasteiger charge is 2.28. The Labute approximate surface area is 160 Å². The van der Waals surface area contributed by atoms with Gasteiger partial charge in [-0.3, -0.25) is 4.79 Å². The van der Waals surface area contributed by atoms with E-state index in [2.05, 4.69) is 20.7 Å². The summed E-state index contributed by atoms with van der Waals surface area (Å²) in [5, 5.41) is 0. The van der Waals surface area contributed by atoms with Crippen LogP contribution in [0.4, 0.5) is 10.1 Å². The van der Waals surface area contributed by atoms with Crippen LogP contribution >= 0.6 is 15.9 Å². The molecule has 0 saturated carbocycles.